The van der Waals surface area contributed by atoms with E-state index in [0.29, 0.717) is 0 Å². The van der Waals surface area contributed by atoms with Crippen molar-refractivity contribution in [3.05, 3.63) is 6.20 Å². The topological polar surface area (TPSA) is 43.8 Å². The third kappa shape index (κ3) is 2.48. The first-order chi connectivity index (χ1) is 9.39. The van der Waals surface area contributed by atoms with Gasteiger partial charge < -0.3 is 18.9 Å². The molecule has 5 nitrogen and oxygen atoms in total. The molecule has 110 valence electrons. The molecule has 0 bridgehead atoms. The van der Waals surface area contributed by atoms with Gasteiger partial charge in [0.2, 0.25) is 0 Å². The van der Waals surface area contributed by atoms with Gasteiger partial charge in [0.05, 0.1) is 29.2 Å². The van der Waals surface area contributed by atoms with Crippen molar-refractivity contribution in [3.8, 4) is 0 Å². The highest BCUT2D eigenvalue weighted by molar-refractivity contribution is 7.25. The number of ether oxygens (including phenoxy) is 1. The lowest BCUT2D eigenvalue weighted by Gasteiger charge is -2.32. The number of nitrogens with zero attached hydrogens (tertiary/aromatic N) is 2. The normalized spacial score (nSPS) is 25.2. The van der Waals surface area contributed by atoms with Gasteiger partial charge in [-0.2, -0.15) is 0 Å². The second-order valence-electron chi connectivity index (χ2n) is 6.23. The summed E-state index contributed by atoms with van der Waals surface area (Å²) in [4.78, 5) is 6.76. The second-order valence-corrected chi connectivity index (χ2v) is 7.27. The summed E-state index contributed by atoms with van der Waals surface area (Å²) in [6, 6.07) is 0. The number of hydrogen-bond donors (Lipinski definition) is 0. The highest BCUT2D eigenvalue weighted by Crippen LogP contribution is 2.37. The summed E-state index contributed by atoms with van der Waals surface area (Å²) in [6.45, 7) is 11.6. The van der Waals surface area contributed by atoms with Gasteiger partial charge in [0, 0.05) is 19.3 Å². The molecule has 0 radical (unpaired) electrons. The number of hydrogen-bond acceptors (Lipinski definition) is 6. The van der Waals surface area contributed by atoms with Crippen LogP contribution in [0.15, 0.2) is 6.20 Å². The van der Waals surface area contributed by atoms with Crippen molar-refractivity contribution in [1.82, 2.24) is 4.98 Å². The predicted octanol–water partition coefficient (Wildman–Crippen LogP) is 1.28. The van der Waals surface area contributed by atoms with Gasteiger partial charge in [-0.25, -0.2) is 4.98 Å². The summed E-state index contributed by atoms with van der Waals surface area (Å²) in [6.07, 6.45) is 1.87. The zero-order valence-corrected chi connectivity index (χ0v) is 13.3. The molecule has 0 saturated carbocycles. The Labute approximate surface area is 124 Å². The van der Waals surface area contributed by atoms with Crippen molar-refractivity contribution in [3.63, 3.8) is 0 Å². The molecular formula is C13H21BN2O3S. The van der Waals surface area contributed by atoms with Crippen molar-refractivity contribution >= 4 is 28.4 Å². The van der Waals surface area contributed by atoms with Crippen LogP contribution in [0.3, 0.4) is 0 Å². The Bertz CT molecular complexity index is 470. The van der Waals surface area contributed by atoms with E-state index < -0.39 is 0 Å². The molecule has 0 aromatic carbocycles. The summed E-state index contributed by atoms with van der Waals surface area (Å²) in [5, 5.41) is 1.03. The summed E-state index contributed by atoms with van der Waals surface area (Å²) in [5.41, 5.74) is -0.610. The van der Waals surface area contributed by atoms with Crippen LogP contribution in [0.1, 0.15) is 27.7 Å². The molecule has 1 aromatic rings. The van der Waals surface area contributed by atoms with E-state index in [1.165, 1.54) is 0 Å². The van der Waals surface area contributed by atoms with E-state index in [9.17, 15) is 0 Å². The lowest BCUT2D eigenvalue weighted by atomic mass is 9.89. The van der Waals surface area contributed by atoms with Gasteiger partial charge in [-0.3, -0.25) is 0 Å². The van der Waals surface area contributed by atoms with Gasteiger partial charge in [0.1, 0.15) is 0 Å². The van der Waals surface area contributed by atoms with Crippen LogP contribution in [0.5, 0.6) is 0 Å². The van der Waals surface area contributed by atoms with E-state index in [-0.39, 0.29) is 18.3 Å². The van der Waals surface area contributed by atoms with Crippen molar-refractivity contribution in [2.45, 2.75) is 38.9 Å². The number of aromatic nitrogens is 1. The predicted molar refractivity (Wildman–Crippen MR) is 80.9 cm³/mol. The summed E-state index contributed by atoms with van der Waals surface area (Å²) in [7, 11) is -0.313. The molecule has 2 aliphatic heterocycles. The van der Waals surface area contributed by atoms with Crippen LogP contribution in [0.2, 0.25) is 0 Å². The molecule has 0 spiro atoms. The van der Waals surface area contributed by atoms with Crippen LogP contribution in [-0.4, -0.2) is 49.6 Å². The Morgan fingerprint density at radius 1 is 1.15 bits per heavy atom. The van der Waals surface area contributed by atoms with E-state index >= 15 is 0 Å². The molecule has 0 N–H and O–H groups in total. The lowest BCUT2D eigenvalue weighted by molar-refractivity contribution is 0.00578. The minimum Gasteiger partial charge on any atom is -0.399 e. The third-order valence-electron chi connectivity index (χ3n) is 4.28. The maximum Gasteiger partial charge on any atom is 0.507 e. The van der Waals surface area contributed by atoms with Crippen molar-refractivity contribution < 1.29 is 14.0 Å². The van der Waals surface area contributed by atoms with Crippen LogP contribution in [0.25, 0.3) is 0 Å². The molecule has 0 unspecified atom stereocenters. The standard InChI is InChI=1S/C13H21BN2O3S/c1-12(2)13(3,4)19-14(18-12)10-9-15-11(20-10)16-5-7-17-8-6-16/h9H,5-8H2,1-4H3. The first-order valence-electron chi connectivity index (χ1n) is 7.03. The van der Waals surface area contributed by atoms with E-state index in [0.717, 1.165) is 36.2 Å². The second kappa shape index (κ2) is 4.98. The minimum absolute atomic E-state index is 0.305. The minimum atomic E-state index is -0.313. The Hall–Kier alpha value is -0.625. The van der Waals surface area contributed by atoms with E-state index in [4.69, 9.17) is 14.0 Å². The number of rotatable bonds is 2. The fraction of sp³-hybridized carbons (Fsp3) is 0.769. The molecule has 7 heteroatoms. The van der Waals surface area contributed by atoms with Gasteiger partial charge >= 0.3 is 7.12 Å². The highest BCUT2D eigenvalue weighted by Gasteiger charge is 2.52. The van der Waals surface area contributed by atoms with Gasteiger partial charge in [-0.05, 0) is 27.7 Å². The molecule has 3 rings (SSSR count). The van der Waals surface area contributed by atoms with Crippen LogP contribution >= 0.6 is 11.3 Å². The lowest BCUT2D eigenvalue weighted by Crippen LogP contribution is -2.41. The van der Waals surface area contributed by atoms with Gasteiger partial charge in [-0.15, -0.1) is 11.3 Å². The number of anilines is 1. The first-order valence-corrected chi connectivity index (χ1v) is 7.85. The molecule has 20 heavy (non-hydrogen) atoms. The fourth-order valence-corrected chi connectivity index (χ4v) is 3.17. The molecular weight excluding hydrogens is 275 g/mol. The first kappa shape index (κ1) is 14.3. The molecule has 2 aliphatic rings. The average Bonchev–Trinajstić information content (AvgIpc) is 2.94. The van der Waals surface area contributed by atoms with E-state index in [2.05, 4.69) is 37.6 Å². The largest absolute Gasteiger partial charge is 0.507 e. The zero-order valence-electron chi connectivity index (χ0n) is 12.5. The van der Waals surface area contributed by atoms with E-state index in [1.807, 2.05) is 6.20 Å². The molecule has 0 amide bonds. The SMILES string of the molecule is CC1(C)OB(c2cnc(N3CCOCC3)s2)OC1(C)C. The molecule has 0 atom stereocenters. The van der Waals surface area contributed by atoms with Crippen molar-refractivity contribution in [1.29, 1.82) is 0 Å². The van der Waals surface area contributed by atoms with Gasteiger partial charge in [0.15, 0.2) is 5.13 Å². The maximum atomic E-state index is 6.06. The summed E-state index contributed by atoms with van der Waals surface area (Å²) >= 11 is 1.65. The Morgan fingerprint density at radius 3 is 2.35 bits per heavy atom. The zero-order chi connectivity index (χ0) is 14.4. The van der Waals surface area contributed by atoms with Crippen LogP contribution in [0, 0.1) is 0 Å². The Kier molecular flexibility index (Phi) is 3.57. The highest BCUT2D eigenvalue weighted by atomic mass is 32.1. The number of morpholine rings is 1. The molecule has 3 heterocycles. The van der Waals surface area contributed by atoms with Crippen LogP contribution < -0.4 is 9.68 Å². The number of thiazole rings is 1. The monoisotopic (exact) mass is 296 g/mol. The van der Waals surface area contributed by atoms with E-state index in [1.54, 1.807) is 11.3 Å². The maximum absolute atomic E-state index is 6.06. The Morgan fingerprint density at radius 2 is 1.75 bits per heavy atom. The van der Waals surface area contributed by atoms with Crippen molar-refractivity contribution in [2.75, 3.05) is 31.2 Å². The third-order valence-corrected chi connectivity index (χ3v) is 5.36. The summed E-state index contributed by atoms with van der Waals surface area (Å²) < 4.78 is 18.5. The molecule has 1 aromatic heterocycles. The van der Waals surface area contributed by atoms with Gasteiger partial charge in [-0.1, -0.05) is 0 Å². The molecule has 0 aliphatic carbocycles. The van der Waals surface area contributed by atoms with Gasteiger partial charge in [0.25, 0.3) is 0 Å². The molecule has 2 saturated heterocycles. The smallest absolute Gasteiger partial charge is 0.399 e. The quantitative estimate of drug-likeness (QED) is 0.769. The average molecular weight is 296 g/mol. The summed E-state index contributed by atoms with van der Waals surface area (Å²) in [5.74, 6) is 0. The van der Waals surface area contributed by atoms with Crippen LogP contribution in [0.4, 0.5) is 5.13 Å². The Balaban J connectivity index is 1.74. The molecule has 2 fully saturated rings. The fourth-order valence-electron chi connectivity index (χ4n) is 2.25. The van der Waals surface area contributed by atoms with Crippen molar-refractivity contribution in [2.24, 2.45) is 0 Å². The van der Waals surface area contributed by atoms with Crippen LogP contribution in [-0.2, 0) is 14.0 Å².